The van der Waals surface area contributed by atoms with Crippen molar-refractivity contribution in [2.75, 3.05) is 39.5 Å². The highest BCUT2D eigenvalue weighted by Crippen LogP contribution is 2.34. The van der Waals surface area contributed by atoms with E-state index in [1.54, 1.807) is 31.4 Å². The molecular weight excluding hydrogens is 470 g/mol. The van der Waals surface area contributed by atoms with E-state index in [0.29, 0.717) is 35.3 Å². The Morgan fingerprint density at radius 3 is 2.49 bits per heavy atom. The number of likely N-dealkylation sites (tertiary alicyclic amines) is 1. The molecule has 0 unspecified atom stereocenters. The number of nitrogens with one attached hydrogen (secondary N) is 1. The number of carbonyl (C=O) groups excluding carboxylic acids is 1. The van der Waals surface area contributed by atoms with Crippen LogP contribution in [0.3, 0.4) is 0 Å². The molecule has 3 aromatic heterocycles. The van der Waals surface area contributed by atoms with Gasteiger partial charge in [-0.05, 0) is 37.9 Å². The summed E-state index contributed by atoms with van der Waals surface area (Å²) in [5, 5.41) is 18.4. The van der Waals surface area contributed by atoms with Gasteiger partial charge in [0, 0.05) is 38.8 Å². The third-order valence-electron chi connectivity index (χ3n) is 6.41. The molecule has 190 valence electrons. The molecule has 10 nitrogen and oxygen atoms in total. The Labute approximate surface area is 215 Å². The highest BCUT2D eigenvalue weighted by Gasteiger charge is 2.48. The summed E-state index contributed by atoms with van der Waals surface area (Å²) >= 11 is 0. The second kappa shape index (κ2) is 10.1. The number of benzene rings is 1. The van der Waals surface area contributed by atoms with Gasteiger partial charge in [-0.2, -0.15) is 0 Å². The molecule has 4 heterocycles. The van der Waals surface area contributed by atoms with Crippen LogP contribution < -0.4 is 5.32 Å². The topological polar surface area (TPSA) is 121 Å². The number of pyridine rings is 1. The van der Waals surface area contributed by atoms with Crippen molar-refractivity contribution < 1.29 is 14.4 Å². The van der Waals surface area contributed by atoms with Crippen molar-refractivity contribution in [1.82, 2.24) is 29.9 Å². The van der Waals surface area contributed by atoms with Crippen molar-refractivity contribution in [1.29, 1.82) is 0 Å². The van der Waals surface area contributed by atoms with Crippen LogP contribution in [0.5, 0.6) is 0 Å². The number of nitrogens with zero attached hydrogens (tertiary/aromatic N) is 6. The van der Waals surface area contributed by atoms with Crippen molar-refractivity contribution in [2.24, 2.45) is 0 Å². The minimum Gasteiger partial charge on any atom is -0.373 e. The van der Waals surface area contributed by atoms with Gasteiger partial charge in [0.1, 0.15) is 5.69 Å². The molecule has 10 heteroatoms. The van der Waals surface area contributed by atoms with E-state index in [2.05, 4.69) is 32.5 Å². The summed E-state index contributed by atoms with van der Waals surface area (Å²) in [5.74, 6) is 0.210. The molecule has 4 aromatic rings. The van der Waals surface area contributed by atoms with E-state index < -0.39 is 11.5 Å². The zero-order valence-electron chi connectivity index (χ0n) is 21.0. The molecule has 0 aliphatic carbocycles. The number of hydrogen-bond donors (Lipinski definition) is 2. The lowest BCUT2D eigenvalue weighted by atomic mass is 9.98. The quantitative estimate of drug-likeness (QED) is 0.377. The molecule has 0 saturated carbocycles. The summed E-state index contributed by atoms with van der Waals surface area (Å²) in [4.78, 5) is 29.9. The largest absolute Gasteiger partial charge is 0.373 e. The summed E-state index contributed by atoms with van der Waals surface area (Å²) < 4.78 is 5.38. The fourth-order valence-corrected chi connectivity index (χ4v) is 4.40. The van der Waals surface area contributed by atoms with Gasteiger partial charge in [-0.15, -0.1) is 0 Å². The molecule has 1 amide bonds. The first kappa shape index (κ1) is 24.5. The first-order chi connectivity index (χ1) is 17.8. The summed E-state index contributed by atoms with van der Waals surface area (Å²) in [6.07, 6.45) is 1.95. The summed E-state index contributed by atoms with van der Waals surface area (Å²) in [6, 6.07) is 19.1. The van der Waals surface area contributed by atoms with Gasteiger partial charge in [0.15, 0.2) is 5.76 Å². The van der Waals surface area contributed by atoms with E-state index >= 15 is 0 Å². The number of carbonyl (C=O) groups is 1. The highest BCUT2D eigenvalue weighted by molar-refractivity contribution is 5.87. The fraction of sp³-hybridized carbons (Fsp3) is 0.296. The van der Waals surface area contributed by atoms with E-state index in [4.69, 9.17) is 14.5 Å². The third kappa shape index (κ3) is 5.07. The summed E-state index contributed by atoms with van der Waals surface area (Å²) in [5.41, 5.74) is 1.68. The molecule has 1 aromatic carbocycles. The molecular formula is C27H29N7O3. The third-order valence-corrected chi connectivity index (χ3v) is 6.41. The van der Waals surface area contributed by atoms with Gasteiger partial charge in [-0.25, -0.2) is 15.0 Å². The van der Waals surface area contributed by atoms with E-state index in [9.17, 15) is 9.90 Å². The van der Waals surface area contributed by atoms with Crippen LogP contribution in [0.25, 0.3) is 22.8 Å². The number of rotatable bonds is 8. The molecule has 37 heavy (non-hydrogen) atoms. The lowest BCUT2D eigenvalue weighted by Gasteiger charge is -2.23. The van der Waals surface area contributed by atoms with Gasteiger partial charge in [0.05, 0.1) is 23.1 Å². The normalized spacial score (nSPS) is 18.4. The molecule has 1 saturated heterocycles. The summed E-state index contributed by atoms with van der Waals surface area (Å²) in [7, 11) is 5.70. The number of aliphatic hydroxyl groups is 1. The Balaban J connectivity index is 1.39. The zero-order chi connectivity index (χ0) is 26.0. The van der Waals surface area contributed by atoms with E-state index in [1.165, 1.54) is 4.90 Å². The molecule has 5 rings (SSSR count). The minimum atomic E-state index is -1.70. The maximum absolute atomic E-state index is 12.4. The zero-order valence-corrected chi connectivity index (χ0v) is 21.0. The van der Waals surface area contributed by atoms with Gasteiger partial charge < -0.3 is 24.7 Å². The van der Waals surface area contributed by atoms with Crippen LogP contribution in [0.15, 0.2) is 71.4 Å². The molecule has 1 aliphatic heterocycles. The van der Waals surface area contributed by atoms with Crippen LogP contribution in [-0.4, -0.2) is 75.2 Å². The van der Waals surface area contributed by atoms with Crippen LogP contribution in [-0.2, 0) is 10.4 Å². The Morgan fingerprint density at radius 1 is 1.05 bits per heavy atom. The van der Waals surface area contributed by atoms with Crippen molar-refractivity contribution >= 4 is 11.9 Å². The SMILES string of the molecule is CN(C)C[C@@H](Nc1nccc(-c2cccc(-c3cc([C@]4(O)CCN(C)C4=O)on3)n2)n1)c1ccccc1. The average Bonchev–Trinajstić information content (AvgIpc) is 3.51. The van der Waals surface area contributed by atoms with Crippen molar-refractivity contribution in [3.05, 3.63) is 78.2 Å². The maximum Gasteiger partial charge on any atom is 0.262 e. The molecule has 1 fully saturated rings. The van der Waals surface area contributed by atoms with E-state index in [-0.39, 0.29) is 18.2 Å². The molecule has 0 bridgehead atoms. The van der Waals surface area contributed by atoms with Crippen LogP contribution in [0.4, 0.5) is 5.95 Å². The highest BCUT2D eigenvalue weighted by atomic mass is 16.5. The standard InChI is InChI=1S/C27H29N7O3/c1-33(2)17-23(18-8-5-4-6-9-18)31-26-28-14-12-21(30-26)19-10-7-11-20(29-19)22-16-24(37-32-22)27(36)13-15-34(3)25(27)35/h4-12,14,16,23,36H,13,15,17H2,1-3H3,(H,28,30,31)/t23-,27-/m1/s1. The second-order valence-corrected chi connectivity index (χ2v) is 9.46. The molecule has 0 radical (unpaired) electrons. The second-order valence-electron chi connectivity index (χ2n) is 9.46. The number of hydrogen-bond acceptors (Lipinski definition) is 9. The van der Waals surface area contributed by atoms with Gasteiger partial charge >= 0.3 is 0 Å². The van der Waals surface area contributed by atoms with Gasteiger partial charge in [0.2, 0.25) is 11.5 Å². The smallest absolute Gasteiger partial charge is 0.262 e. The van der Waals surface area contributed by atoms with Gasteiger partial charge in [0.25, 0.3) is 5.91 Å². The molecule has 0 spiro atoms. The first-order valence-corrected chi connectivity index (χ1v) is 12.1. The maximum atomic E-state index is 12.4. The monoisotopic (exact) mass is 499 g/mol. The van der Waals surface area contributed by atoms with E-state index in [0.717, 1.165) is 12.1 Å². The number of likely N-dealkylation sites (N-methyl/N-ethyl adjacent to an activating group) is 2. The number of anilines is 1. The number of aromatic nitrogens is 4. The van der Waals surface area contributed by atoms with Crippen molar-refractivity contribution in [2.45, 2.75) is 18.1 Å². The number of amides is 1. The average molecular weight is 500 g/mol. The van der Waals surface area contributed by atoms with Crippen LogP contribution in [0.1, 0.15) is 23.8 Å². The van der Waals surface area contributed by atoms with Crippen LogP contribution in [0, 0.1) is 0 Å². The predicted molar refractivity (Wildman–Crippen MR) is 138 cm³/mol. The Bertz CT molecular complexity index is 1390. The first-order valence-electron chi connectivity index (χ1n) is 12.1. The Hall–Kier alpha value is -4.15. The summed E-state index contributed by atoms with van der Waals surface area (Å²) in [6.45, 7) is 1.22. The molecule has 1 aliphatic rings. The van der Waals surface area contributed by atoms with E-state index in [1.807, 2.05) is 44.4 Å². The van der Waals surface area contributed by atoms with Crippen LogP contribution >= 0.6 is 0 Å². The Kier molecular flexibility index (Phi) is 6.68. The van der Waals surface area contributed by atoms with Gasteiger partial charge in [-0.3, -0.25) is 4.79 Å². The lowest BCUT2D eigenvalue weighted by molar-refractivity contribution is -0.144. The Morgan fingerprint density at radius 2 is 1.78 bits per heavy atom. The van der Waals surface area contributed by atoms with Crippen molar-refractivity contribution in [3.63, 3.8) is 0 Å². The molecule has 2 N–H and O–H groups in total. The minimum absolute atomic E-state index is 0.00226. The van der Waals surface area contributed by atoms with Crippen LogP contribution in [0.2, 0.25) is 0 Å². The van der Waals surface area contributed by atoms with Crippen molar-refractivity contribution in [3.8, 4) is 22.8 Å². The lowest BCUT2D eigenvalue weighted by Crippen LogP contribution is -2.35. The predicted octanol–water partition coefficient (Wildman–Crippen LogP) is 2.96. The molecule has 2 atom stereocenters. The fourth-order valence-electron chi connectivity index (χ4n) is 4.40. The van der Waals surface area contributed by atoms with Gasteiger partial charge in [-0.1, -0.05) is 41.6 Å².